The Labute approximate surface area is 105 Å². The first kappa shape index (κ1) is 12.5. The standard InChI is InChI=1S/C13H16O3S/c1-9-3-2-4-11(7-9)17-8-10-5-6-12(16-10)13(14)15/h2-4,7,10,12H,5-6,8H2,1H3,(H,14,15). The Kier molecular flexibility index (Phi) is 4.07. The number of hydrogen-bond acceptors (Lipinski definition) is 3. The molecule has 2 unspecified atom stereocenters. The average molecular weight is 252 g/mol. The number of aliphatic carboxylic acids is 1. The number of carboxylic acid groups (broad SMARTS) is 1. The first-order chi connectivity index (χ1) is 8.15. The van der Waals surface area contributed by atoms with E-state index < -0.39 is 12.1 Å². The molecule has 17 heavy (non-hydrogen) atoms. The molecule has 2 rings (SSSR count). The highest BCUT2D eigenvalue weighted by atomic mass is 32.2. The molecule has 1 heterocycles. The van der Waals surface area contributed by atoms with Crippen molar-refractivity contribution in [3.63, 3.8) is 0 Å². The molecule has 1 aliphatic rings. The molecule has 1 aliphatic heterocycles. The van der Waals surface area contributed by atoms with Crippen molar-refractivity contribution in [3.8, 4) is 0 Å². The van der Waals surface area contributed by atoms with Crippen molar-refractivity contribution in [1.82, 2.24) is 0 Å². The minimum absolute atomic E-state index is 0.0709. The molecule has 2 atom stereocenters. The first-order valence-corrected chi connectivity index (χ1v) is 6.71. The van der Waals surface area contributed by atoms with Gasteiger partial charge in [0.1, 0.15) is 0 Å². The molecule has 1 aromatic rings. The third-order valence-electron chi connectivity index (χ3n) is 2.81. The van der Waals surface area contributed by atoms with Gasteiger partial charge in [-0.3, -0.25) is 0 Å². The van der Waals surface area contributed by atoms with Gasteiger partial charge in [0.2, 0.25) is 0 Å². The molecule has 1 aromatic carbocycles. The van der Waals surface area contributed by atoms with Crippen molar-refractivity contribution in [3.05, 3.63) is 29.8 Å². The van der Waals surface area contributed by atoms with E-state index in [-0.39, 0.29) is 6.10 Å². The Morgan fingerprint density at radius 1 is 1.53 bits per heavy atom. The average Bonchev–Trinajstić information content (AvgIpc) is 2.75. The fraction of sp³-hybridized carbons (Fsp3) is 0.462. The Balaban J connectivity index is 1.82. The van der Waals surface area contributed by atoms with E-state index in [1.807, 2.05) is 6.07 Å². The molecule has 0 saturated carbocycles. The van der Waals surface area contributed by atoms with Gasteiger partial charge in [-0.2, -0.15) is 0 Å². The van der Waals surface area contributed by atoms with E-state index in [2.05, 4.69) is 25.1 Å². The molecule has 0 aliphatic carbocycles. The number of ether oxygens (including phenoxy) is 1. The summed E-state index contributed by atoms with van der Waals surface area (Å²) in [7, 11) is 0. The van der Waals surface area contributed by atoms with Crippen LogP contribution in [0, 0.1) is 6.92 Å². The predicted molar refractivity (Wildman–Crippen MR) is 67.4 cm³/mol. The highest BCUT2D eigenvalue weighted by Gasteiger charge is 2.30. The van der Waals surface area contributed by atoms with Crippen LogP contribution in [-0.4, -0.2) is 29.0 Å². The smallest absolute Gasteiger partial charge is 0.332 e. The molecule has 1 fully saturated rings. The van der Waals surface area contributed by atoms with E-state index in [1.165, 1.54) is 10.5 Å². The van der Waals surface area contributed by atoms with E-state index in [1.54, 1.807) is 11.8 Å². The highest BCUT2D eigenvalue weighted by Crippen LogP contribution is 2.27. The molecular formula is C13H16O3S. The first-order valence-electron chi connectivity index (χ1n) is 5.73. The van der Waals surface area contributed by atoms with Gasteiger partial charge < -0.3 is 9.84 Å². The molecule has 1 saturated heterocycles. The van der Waals surface area contributed by atoms with Crippen molar-refractivity contribution < 1.29 is 14.6 Å². The molecule has 0 aromatic heterocycles. The Bertz CT molecular complexity index is 405. The number of thioether (sulfide) groups is 1. The summed E-state index contributed by atoms with van der Waals surface area (Å²) in [5.74, 6) is -0.0131. The number of aryl methyl sites for hydroxylation is 1. The van der Waals surface area contributed by atoms with E-state index in [4.69, 9.17) is 9.84 Å². The van der Waals surface area contributed by atoms with Crippen LogP contribution in [0.15, 0.2) is 29.2 Å². The van der Waals surface area contributed by atoms with Crippen LogP contribution in [0.2, 0.25) is 0 Å². The minimum Gasteiger partial charge on any atom is -0.479 e. The van der Waals surface area contributed by atoms with Gasteiger partial charge in [0.15, 0.2) is 6.10 Å². The maximum Gasteiger partial charge on any atom is 0.332 e. The van der Waals surface area contributed by atoms with Crippen molar-refractivity contribution in [2.24, 2.45) is 0 Å². The van der Waals surface area contributed by atoms with Crippen molar-refractivity contribution in [2.45, 2.75) is 36.9 Å². The fourth-order valence-electron chi connectivity index (χ4n) is 1.90. The summed E-state index contributed by atoms with van der Waals surface area (Å²) < 4.78 is 5.45. The number of benzene rings is 1. The van der Waals surface area contributed by atoms with Crippen LogP contribution in [0.1, 0.15) is 18.4 Å². The second kappa shape index (κ2) is 5.56. The summed E-state index contributed by atoms with van der Waals surface area (Å²) >= 11 is 1.73. The number of carboxylic acids is 1. The molecule has 0 radical (unpaired) electrons. The summed E-state index contributed by atoms with van der Waals surface area (Å²) in [6, 6.07) is 8.30. The summed E-state index contributed by atoms with van der Waals surface area (Å²) in [4.78, 5) is 11.9. The highest BCUT2D eigenvalue weighted by molar-refractivity contribution is 7.99. The van der Waals surface area contributed by atoms with Gasteiger partial charge in [-0.25, -0.2) is 4.79 Å². The summed E-state index contributed by atoms with van der Waals surface area (Å²) in [6.07, 6.45) is 0.948. The van der Waals surface area contributed by atoms with Gasteiger partial charge in [0.25, 0.3) is 0 Å². The zero-order valence-corrected chi connectivity index (χ0v) is 10.6. The van der Waals surface area contributed by atoms with Gasteiger partial charge in [0, 0.05) is 10.6 Å². The van der Waals surface area contributed by atoms with Crippen LogP contribution in [0.25, 0.3) is 0 Å². The zero-order valence-electron chi connectivity index (χ0n) is 9.76. The van der Waals surface area contributed by atoms with E-state index in [0.29, 0.717) is 6.42 Å². The molecule has 3 nitrogen and oxygen atoms in total. The van der Waals surface area contributed by atoms with Gasteiger partial charge in [-0.05, 0) is 31.9 Å². The Morgan fingerprint density at radius 3 is 3.00 bits per heavy atom. The van der Waals surface area contributed by atoms with Crippen molar-refractivity contribution >= 4 is 17.7 Å². The zero-order chi connectivity index (χ0) is 12.3. The van der Waals surface area contributed by atoms with Gasteiger partial charge >= 0.3 is 5.97 Å². The van der Waals surface area contributed by atoms with Crippen molar-refractivity contribution in [1.29, 1.82) is 0 Å². The third kappa shape index (κ3) is 3.48. The molecular weight excluding hydrogens is 236 g/mol. The lowest BCUT2D eigenvalue weighted by Crippen LogP contribution is -2.21. The summed E-state index contributed by atoms with van der Waals surface area (Å²) in [5.41, 5.74) is 1.24. The predicted octanol–water partition coefficient (Wildman–Crippen LogP) is 2.72. The normalized spacial score (nSPS) is 23.8. The molecule has 92 valence electrons. The Hall–Kier alpha value is -1.00. The van der Waals surface area contributed by atoms with E-state index in [0.717, 1.165) is 12.2 Å². The lowest BCUT2D eigenvalue weighted by Gasteiger charge is -2.10. The molecule has 1 N–H and O–H groups in total. The van der Waals surface area contributed by atoms with Crippen LogP contribution in [0.3, 0.4) is 0 Å². The Morgan fingerprint density at radius 2 is 2.35 bits per heavy atom. The number of carbonyl (C=O) groups is 1. The second-order valence-electron chi connectivity index (χ2n) is 4.29. The van der Waals surface area contributed by atoms with Gasteiger partial charge in [0.05, 0.1) is 6.10 Å². The number of rotatable bonds is 4. The second-order valence-corrected chi connectivity index (χ2v) is 5.38. The lowest BCUT2D eigenvalue weighted by atomic mass is 10.2. The SMILES string of the molecule is Cc1cccc(SCC2CCC(C(=O)O)O2)c1. The van der Waals surface area contributed by atoms with Crippen LogP contribution in [-0.2, 0) is 9.53 Å². The van der Waals surface area contributed by atoms with Crippen LogP contribution >= 0.6 is 11.8 Å². The lowest BCUT2D eigenvalue weighted by molar-refractivity contribution is -0.148. The molecule has 0 amide bonds. The maximum absolute atomic E-state index is 10.7. The fourth-order valence-corrected chi connectivity index (χ4v) is 2.97. The molecule has 0 spiro atoms. The van der Waals surface area contributed by atoms with Gasteiger partial charge in [-0.1, -0.05) is 17.7 Å². The summed E-state index contributed by atoms with van der Waals surface area (Å²) in [5, 5.41) is 8.82. The quantitative estimate of drug-likeness (QED) is 0.837. The molecule has 4 heteroatoms. The van der Waals surface area contributed by atoms with Crippen LogP contribution < -0.4 is 0 Å². The molecule has 0 bridgehead atoms. The van der Waals surface area contributed by atoms with Gasteiger partial charge in [-0.15, -0.1) is 11.8 Å². The topological polar surface area (TPSA) is 46.5 Å². The number of hydrogen-bond donors (Lipinski definition) is 1. The van der Waals surface area contributed by atoms with E-state index >= 15 is 0 Å². The van der Waals surface area contributed by atoms with Crippen LogP contribution in [0.4, 0.5) is 0 Å². The largest absolute Gasteiger partial charge is 0.479 e. The minimum atomic E-state index is -0.840. The van der Waals surface area contributed by atoms with Crippen LogP contribution in [0.5, 0.6) is 0 Å². The summed E-state index contributed by atoms with van der Waals surface area (Å²) in [6.45, 7) is 2.07. The third-order valence-corrected chi connectivity index (χ3v) is 3.93. The van der Waals surface area contributed by atoms with Crippen molar-refractivity contribution in [2.75, 3.05) is 5.75 Å². The monoisotopic (exact) mass is 252 g/mol. The maximum atomic E-state index is 10.7. The van der Waals surface area contributed by atoms with E-state index in [9.17, 15) is 4.79 Å².